The molecule has 2 rings (SSSR count). The van der Waals surface area contributed by atoms with Crippen molar-refractivity contribution >= 4 is 5.78 Å². The van der Waals surface area contributed by atoms with Crippen molar-refractivity contribution in [2.45, 2.75) is 12.8 Å². The molecular formula is C13H12O3. The molecule has 1 aromatic carbocycles. The van der Waals surface area contributed by atoms with Gasteiger partial charge in [-0.15, -0.1) is 0 Å². The molecule has 0 radical (unpaired) electrons. The molecule has 0 saturated carbocycles. The molecule has 0 bridgehead atoms. The second kappa shape index (κ2) is 4.66. The van der Waals surface area contributed by atoms with Crippen LogP contribution in [0, 0.1) is 0 Å². The molecule has 0 unspecified atom stereocenters. The highest BCUT2D eigenvalue weighted by Crippen LogP contribution is 2.14. The van der Waals surface area contributed by atoms with Crippen LogP contribution < -0.4 is 0 Å². The molecular weight excluding hydrogens is 204 g/mol. The van der Waals surface area contributed by atoms with Gasteiger partial charge >= 0.3 is 0 Å². The Kier molecular flexibility index (Phi) is 3.05. The number of aryl methyl sites for hydroxylation is 1. The first-order chi connectivity index (χ1) is 7.75. The summed E-state index contributed by atoms with van der Waals surface area (Å²) in [4.78, 5) is 11.6. The number of rotatable bonds is 4. The van der Waals surface area contributed by atoms with Crippen molar-refractivity contribution in [3.05, 3.63) is 54.0 Å². The Morgan fingerprint density at radius 3 is 2.88 bits per heavy atom. The lowest BCUT2D eigenvalue weighted by atomic mass is 10.0. The summed E-state index contributed by atoms with van der Waals surface area (Å²) >= 11 is 0. The molecule has 0 spiro atoms. The van der Waals surface area contributed by atoms with E-state index in [0.717, 1.165) is 5.56 Å². The number of carbonyl (C=O) groups excluding carboxylic acids is 1. The summed E-state index contributed by atoms with van der Waals surface area (Å²) in [5.41, 5.74) is 1.55. The van der Waals surface area contributed by atoms with E-state index in [2.05, 4.69) is 0 Å². The van der Waals surface area contributed by atoms with Crippen LogP contribution in [0.4, 0.5) is 0 Å². The Morgan fingerprint density at radius 2 is 2.19 bits per heavy atom. The molecule has 1 N–H and O–H groups in total. The van der Waals surface area contributed by atoms with Gasteiger partial charge in [0.25, 0.3) is 0 Å². The molecule has 0 aliphatic carbocycles. The van der Waals surface area contributed by atoms with Crippen LogP contribution in [0.3, 0.4) is 0 Å². The number of phenols is 1. The quantitative estimate of drug-likeness (QED) is 0.799. The van der Waals surface area contributed by atoms with Gasteiger partial charge in [-0.3, -0.25) is 4.79 Å². The summed E-state index contributed by atoms with van der Waals surface area (Å²) in [5, 5.41) is 9.26. The van der Waals surface area contributed by atoms with E-state index in [-0.39, 0.29) is 11.5 Å². The van der Waals surface area contributed by atoms with Crippen molar-refractivity contribution in [3.63, 3.8) is 0 Å². The van der Waals surface area contributed by atoms with Crippen molar-refractivity contribution in [1.29, 1.82) is 0 Å². The molecule has 2 aromatic rings. The molecule has 1 aromatic heterocycles. The van der Waals surface area contributed by atoms with E-state index in [1.165, 1.54) is 12.5 Å². The number of aromatic hydroxyl groups is 1. The maximum absolute atomic E-state index is 11.6. The van der Waals surface area contributed by atoms with Crippen LogP contribution in [-0.2, 0) is 6.42 Å². The van der Waals surface area contributed by atoms with Crippen LogP contribution in [-0.4, -0.2) is 10.9 Å². The number of benzene rings is 1. The number of ketones is 1. The predicted molar refractivity (Wildman–Crippen MR) is 59.5 cm³/mol. The third-order valence-corrected chi connectivity index (χ3v) is 2.39. The predicted octanol–water partition coefficient (Wildman–Crippen LogP) is 2.80. The van der Waals surface area contributed by atoms with Crippen molar-refractivity contribution in [2.75, 3.05) is 0 Å². The third kappa shape index (κ3) is 2.51. The maximum atomic E-state index is 11.6. The van der Waals surface area contributed by atoms with Gasteiger partial charge in [0.2, 0.25) is 0 Å². The minimum absolute atomic E-state index is 0.0529. The molecule has 0 aliphatic rings. The van der Waals surface area contributed by atoms with Crippen LogP contribution in [0.2, 0.25) is 0 Å². The molecule has 0 amide bonds. The van der Waals surface area contributed by atoms with Crippen molar-refractivity contribution in [3.8, 4) is 5.75 Å². The summed E-state index contributed by atoms with van der Waals surface area (Å²) < 4.78 is 4.85. The molecule has 0 aliphatic heterocycles. The highest BCUT2D eigenvalue weighted by Gasteiger charge is 2.07. The zero-order chi connectivity index (χ0) is 11.4. The van der Waals surface area contributed by atoms with Crippen molar-refractivity contribution in [1.82, 2.24) is 0 Å². The van der Waals surface area contributed by atoms with Gasteiger partial charge in [-0.2, -0.15) is 0 Å². The summed E-state index contributed by atoms with van der Waals surface area (Å²) in [5.74, 6) is 0.283. The second-order valence-corrected chi connectivity index (χ2v) is 3.61. The smallest absolute Gasteiger partial charge is 0.166 e. The number of phenolic OH excluding ortho intramolecular Hbond substituents is 1. The number of carbonyl (C=O) groups is 1. The minimum atomic E-state index is 0.0529. The average Bonchev–Trinajstić information content (AvgIpc) is 2.79. The lowest BCUT2D eigenvalue weighted by Crippen LogP contribution is -1.99. The first-order valence-corrected chi connectivity index (χ1v) is 5.09. The highest BCUT2D eigenvalue weighted by atomic mass is 16.3. The molecule has 3 nitrogen and oxygen atoms in total. The van der Waals surface area contributed by atoms with Gasteiger partial charge in [0.15, 0.2) is 5.78 Å². The van der Waals surface area contributed by atoms with Gasteiger partial charge in [-0.25, -0.2) is 0 Å². The fourth-order valence-electron chi connectivity index (χ4n) is 1.54. The summed E-state index contributed by atoms with van der Waals surface area (Å²) in [7, 11) is 0. The number of hydrogen-bond donors (Lipinski definition) is 1. The second-order valence-electron chi connectivity index (χ2n) is 3.61. The Hall–Kier alpha value is -2.03. The fourth-order valence-corrected chi connectivity index (χ4v) is 1.54. The summed E-state index contributed by atoms with van der Waals surface area (Å²) in [6.45, 7) is 0. The van der Waals surface area contributed by atoms with E-state index in [9.17, 15) is 9.90 Å². The van der Waals surface area contributed by atoms with Gasteiger partial charge in [-0.05, 0) is 30.2 Å². The molecule has 0 saturated heterocycles. The highest BCUT2D eigenvalue weighted by molar-refractivity contribution is 5.95. The standard InChI is InChI=1S/C13H12O3/c14-12-3-1-2-10(8-12)4-5-13(15)11-6-7-16-9-11/h1-3,6-9,14H,4-5H2. The molecule has 82 valence electrons. The SMILES string of the molecule is O=C(CCc1cccc(O)c1)c1ccoc1. The first-order valence-electron chi connectivity index (χ1n) is 5.09. The Morgan fingerprint density at radius 1 is 1.31 bits per heavy atom. The van der Waals surface area contributed by atoms with Crippen molar-refractivity contribution < 1.29 is 14.3 Å². The Labute approximate surface area is 93.3 Å². The van der Waals surface area contributed by atoms with Crippen LogP contribution in [0.1, 0.15) is 22.3 Å². The van der Waals surface area contributed by atoms with E-state index < -0.39 is 0 Å². The average molecular weight is 216 g/mol. The Balaban J connectivity index is 1.95. The number of Topliss-reactive ketones (excluding diaryl/α,β-unsaturated/α-hetero) is 1. The first kappa shape index (κ1) is 10.5. The summed E-state index contributed by atoms with van der Waals surface area (Å²) in [6.07, 6.45) is 3.98. The van der Waals surface area contributed by atoms with Gasteiger partial charge < -0.3 is 9.52 Å². The minimum Gasteiger partial charge on any atom is -0.508 e. The number of hydrogen-bond acceptors (Lipinski definition) is 3. The lowest BCUT2D eigenvalue weighted by molar-refractivity contribution is 0.0982. The monoisotopic (exact) mass is 216 g/mol. The van der Waals surface area contributed by atoms with E-state index in [0.29, 0.717) is 18.4 Å². The zero-order valence-electron chi connectivity index (χ0n) is 8.72. The van der Waals surface area contributed by atoms with Crippen molar-refractivity contribution in [2.24, 2.45) is 0 Å². The normalized spacial score (nSPS) is 10.2. The molecule has 3 heteroatoms. The molecule has 0 fully saturated rings. The fraction of sp³-hybridized carbons (Fsp3) is 0.154. The van der Waals surface area contributed by atoms with Gasteiger partial charge in [-0.1, -0.05) is 12.1 Å². The molecule has 0 atom stereocenters. The van der Waals surface area contributed by atoms with Gasteiger partial charge in [0, 0.05) is 6.42 Å². The summed E-state index contributed by atoms with van der Waals surface area (Å²) in [6, 6.07) is 8.60. The molecule has 1 heterocycles. The van der Waals surface area contributed by atoms with Crippen LogP contribution >= 0.6 is 0 Å². The van der Waals surface area contributed by atoms with Gasteiger partial charge in [0.05, 0.1) is 11.8 Å². The Bertz CT molecular complexity index is 472. The largest absolute Gasteiger partial charge is 0.508 e. The number of furan rings is 1. The van der Waals surface area contributed by atoms with Crippen LogP contribution in [0.15, 0.2) is 47.3 Å². The third-order valence-electron chi connectivity index (χ3n) is 2.39. The topological polar surface area (TPSA) is 50.4 Å². The van der Waals surface area contributed by atoms with Gasteiger partial charge in [0.1, 0.15) is 12.0 Å². The molecule has 16 heavy (non-hydrogen) atoms. The zero-order valence-corrected chi connectivity index (χ0v) is 8.72. The van der Waals surface area contributed by atoms with E-state index in [1.54, 1.807) is 24.3 Å². The van der Waals surface area contributed by atoms with E-state index >= 15 is 0 Å². The lowest BCUT2D eigenvalue weighted by Gasteiger charge is -2.00. The maximum Gasteiger partial charge on any atom is 0.166 e. The van der Waals surface area contributed by atoms with E-state index in [1.807, 2.05) is 6.07 Å². The van der Waals surface area contributed by atoms with E-state index in [4.69, 9.17) is 4.42 Å². The van der Waals surface area contributed by atoms with Crippen LogP contribution in [0.25, 0.3) is 0 Å². The van der Waals surface area contributed by atoms with Crippen LogP contribution in [0.5, 0.6) is 5.75 Å².